The van der Waals surface area contributed by atoms with Crippen molar-refractivity contribution in [2.24, 2.45) is 11.7 Å². The van der Waals surface area contributed by atoms with Crippen LogP contribution in [0, 0.1) is 5.92 Å². The molecule has 0 amide bonds. The highest BCUT2D eigenvalue weighted by molar-refractivity contribution is 4.77. The van der Waals surface area contributed by atoms with E-state index in [2.05, 4.69) is 6.92 Å². The third-order valence-corrected chi connectivity index (χ3v) is 2.88. The standard InChI is InChI=1S/C10H21NO2/c1-8(12-2)7-10(11)9-3-5-13-6-4-9/h8-10H,3-7,11H2,1-2H3. The first kappa shape index (κ1) is 11.0. The molecule has 1 saturated heterocycles. The molecule has 1 rings (SSSR count). The third-order valence-electron chi connectivity index (χ3n) is 2.88. The second-order valence-electron chi connectivity index (χ2n) is 3.90. The molecule has 13 heavy (non-hydrogen) atoms. The minimum atomic E-state index is 0.276. The monoisotopic (exact) mass is 187 g/mol. The lowest BCUT2D eigenvalue weighted by atomic mass is 9.89. The molecule has 78 valence electrons. The SMILES string of the molecule is COC(C)CC(N)C1CCOCC1. The summed E-state index contributed by atoms with van der Waals surface area (Å²) in [6.45, 7) is 3.82. The summed E-state index contributed by atoms with van der Waals surface area (Å²) in [6, 6.07) is 0.277. The van der Waals surface area contributed by atoms with E-state index >= 15 is 0 Å². The molecule has 2 N–H and O–H groups in total. The zero-order chi connectivity index (χ0) is 9.68. The molecule has 3 heteroatoms. The van der Waals surface area contributed by atoms with E-state index in [1.54, 1.807) is 7.11 Å². The van der Waals surface area contributed by atoms with Crippen molar-refractivity contribution in [3.05, 3.63) is 0 Å². The van der Waals surface area contributed by atoms with Gasteiger partial charge in [-0.05, 0) is 32.1 Å². The summed E-state index contributed by atoms with van der Waals surface area (Å²) in [4.78, 5) is 0. The van der Waals surface area contributed by atoms with Crippen molar-refractivity contribution >= 4 is 0 Å². The van der Waals surface area contributed by atoms with Gasteiger partial charge in [0.15, 0.2) is 0 Å². The lowest BCUT2D eigenvalue weighted by molar-refractivity contribution is 0.0443. The average molecular weight is 187 g/mol. The maximum Gasteiger partial charge on any atom is 0.0558 e. The van der Waals surface area contributed by atoms with E-state index in [1.807, 2.05) is 0 Å². The molecule has 0 aromatic heterocycles. The van der Waals surface area contributed by atoms with Crippen LogP contribution in [0.5, 0.6) is 0 Å². The van der Waals surface area contributed by atoms with Crippen LogP contribution in [0.25, 0.3) is 0 Å². The Labute approximate surface area is 80.6 Å². The molecule has 0 saturated carbocycles. The number of methoxy groups -OCH3 is 1. The summed E-state index contributed by atoms with van der Waals surface area (Å²) in [5, 5.41) is 0. The Balaban J connectivity index is 2.24. The fourth-order valence-corrected chi connectivity index (χ4v) is 1.82. The summed E-state index contributed by atoms with van der Waals surface area (Å²) >= 11 is 0. The van der Waals surface area contributed by atoms with Crippen LogP contribution in [0.3, 0.4) is 0 Å². The van der Waals surface area contributed by atoms with Crippen LogP contribution in [-0.2, 0) is 9.47 Å². The second kappa shape index (κ2) is 5.58. The van der Waals surface area contributed by atoms with Crippen molar-refractivity contribution in [3.8, 4) is 0 Å². The van der Waals surface area contributed by atoms with Crippen LogP contribution in [0.4, 0.5) is 0 Å². The molecule has 3 nitrogen and oxygen atoms in total. The van der Waals surface area contributed by atoms with Gasteiger partial charge in [0.05, 0.1) is 6.10 Å². The van der Waals surface area contributed by atoms with Crippen molar-refractivity contribution in [3.63, 3.8) is 0 Å². The largest absolute Gasteiger partial charge is 0.382 e. The Hall–Kier alpha value is -0.120. The van der Waals surface area contributed by atoms with Gasteiger partial charge in [-0.25, -0.2) is 0 Å². The van der Waals surface area contributed by atoms with Crippen LogP contribution in [0.1, 0.15) is 26.2 Å². The van der Waals surface area contributed by atoms with Crippen molar-refractivity contribution in [1.29, 1.82) is 0 Å². The molecular formula is C10H21NO2. The third kappa shape index (κ3) is 3.63. The normalized spacial score (nSPS) is 24.2. The van der Waals surface area contributed by atoms with Gasteiger partial charge in [-0.3, -0.25) is 0 Å². The van der Waals surface area contributed by atoms with Gasteiger partial charge in [-0.1, -0.05) is 0 Å². The molecule has 0 aromatic rings. The van der Waals surface area contributed by atoms with E-state index in [4.69, 9.17) is 15.2 Å². The smallest absolute Gasteiger partial charge is 0.0558 e. The zero-order valence-electron chi connectivity index (χ0n) is 8.66. The highest BCUT2D eigenvalue weighted by Gasteiger charge is 2.22. The first-order valence-corrected chi connectivity index (χ1v) is 5.10. The van der Waals surface area contributed by atoms with Crippen molar-refractivity contribution in [2.75, 3.05) is 20.3 Å². The van der Waals surface area contributed by atoms with Gasteiger partial charge >= 0.3 is 0 Å². The fourth-order valence-electron chi connectivity index (χ4n) is 1.82. The van der Waals surface area contributed by atoms with Crippen LogP contribution < -0.4 is 5.73 Å². The fraction of sp³-hybridized carbons (Fsp3) is 1.00. The van der Waals surface area contributed by atoms with E-state index in [9.17, 15) is 0 Å². The molecule has 1 fully saturated rings. The summed E-state index contributed by atoms with van der Waals surface area (Å²) in [5.41, 5.74) is 6.09. The minimum Gasteiger partial charge on any atom is -0.382 e. The van der Waals surface area contributed by atoms with Gasteiger partial charge in [0.2, 0.25) is 0 Å². The molecule has 0 aliphatic carbocycles. The molecule has 1 heterocycles. The first-order chi connectivity index (χ1) is 6.24. The Morgan fingerprint density at radius 1 is 1.46 bits per heavy atom. The van der Waals surface area contributed by atoms with E-state index in [-0.39, 0.29) is 12.1 Å². The van der Waals surface area contributed by atoms with Crippen molar-refractivity contribution in [1.82, 2.24) is 0 Å². The van der Waals surface area contributed by atoms with Gasteiger partial charge in [0.1, 0.15) is 0 Å². The Kier molecular flexibility index (Phi) is 4.70. The highest BCUT2D eigenvalue weighted by Crippen LogP contribution is 2.20. The van der Waals surface area contributed by atoms with E-state index < -0.39 is 0 Å². The number of nitrogens with two attached hydrogens (primary N) is 1. The molecule has 1 aliphatic heterocycles. The molecule has 0 spiro atoms. The summed E-state index contributed by atoms with van der Waals surface area (Å²) in [7, 11) is 1.74. The summed E-state index contributed by atoms with van der Waals surface area (Å²) < 4.78 is 10.5. The number of hydrogen-bond acceptors (Lipinski definition) is 3. The quantitative estimate of drug-likeness (QED) is 0.718. The number of ether oxygens (including phenoxy) is 2. The van der Waals surface area contributed by atoms with Crippen LogP contribution >= 0.6 is 0 Å². The summed E-state index contributed by atoms with van der Waals surface area (Å²) in [6.07, 6.45) is 3.45. The second-order valence-corrected chi connectivity index (χ2v) is 3.90. The first-order valence-electron chi connectivity index (χ1n) is 5.10. The van der Waals surface area contributed by atoms with Gasteiger partial charge < -0.3 is 15.2 Å². The van der Waals surface area contributed by atoms with E-state index in [1.165, 1.54) is 0 Å². The Morgan fingerprint density at radius 3 is 2.62 bits per heavy atom. The van der Waals surface area contributed by atoms with Gasteiger partial charge in [0.25, 0.3) is 0 Å². The predicted molar refractivity (Wildman–Crippen MR) is 52.6 cm³/mol. The van der Waals surface area contributed by atoms with Crippen LogP contribution in [0.15, 0.2) is 0 Å². The molecular weight excluding hydrogens is 166 g/mol. The van der Waals surface area contributed by atoms with E-state index in [0.29, 0.717) is 5.92 Å². The molecule has 2 unspecified atom stereocenters. The average Bonchev–Trinajstić information content (AvgIpc) is 2.19. The lowest BCUT2D eigenvalue weighted by Crippen LogP contribution is -2.36. The van der Waals surface area contributed by atoms with Crippen LogP contribution in [0.2, 0.25) is 0 Å². The molecule has 0 aromatic carbocycles. The summed E-state index contributed by atoms with van der Waals surface area (Å²) in [5.74, 6) is 0.631. The molecule has 2 atom stereocenters. The minimum absolute atomic E-state index is 0.276. The number of rotatable bonds is 4. The van der Waals surface area contributed by atoms with Gasteiger partial charge in [-0.15, -0.1) is 0 Å². The Morgan fingerprint density at radius 2 is 2.08 bits per heavy atom. The number of hydrogen-bond donors (Lipinski definition) is 1. The van der Waals surface area contributed by atoms with Crippen molar-refractivity contribution in [2.45, 2.75) is 38.3 Å². The van der Waals surface area contributed by atoms with Gasteiger partial charge in [-0.2, -0.15) is 0 Å². The highest BCUT2D eigenvalue weighted by atomic mass is 16.5. The Bertz CT molecular complexity index is 135. The van der Waals surface area contributed by atoms with Crippen LogP contribution in [-0.4, -0.2) is 32.5 Å². The zero-order valence-corrected chi connectivity index (χ0v) is 8.66. The molecule has 0 bridgehead atoms. The predicted octanol–water partition coefficient (Wildman–Crippen LogP) is 1.17. The van der Waals surface area contributed by atoms with Gasteiger partial charge in [0, 0.05) is 26.4 Å². The molecule has 0 radical (unpaired) electrons. The van der Waals surface area contributed by atoms with Crippen molar-refractivity contribution < 1.29 is 9.47 Å². The van der Waals surface area contributed by atoms with E-state index in [0.717, 1.165) is 32.5 Å². The maximum atomic E-state index is 6.09. The topological polar surface area (TPSA) is 44.5 Å². The lowest BCUT2D eigenvalue weighted by Gasteiger charge is -2.28. The molecule has 1 aliphatic rings. The maximum absolute atomic E-state index is 6.09.